The molecule has 2 unspecified atom stereocenters. The highest BCUT2D eigenvalue weighted by molar-refractivity contribution is 7.99. The topological polar surface area (TPSA) is 12.0 Å². The molecule has 1 fully saturated rings. The van der Waals surface area contributed by atoms with Gasteiger partial charge in [0.25, 0.3) is 0 Å². The van der Waals surface area contributed by atoms with Gasteiger partial charge in [-0.2, -0.15) is 11.8 Å². The number of hydrogen-bond acceptors (Lipinski definition) is 2. The first-order valence-electron chi connectivity index (χ1n) is 7.10. The van der Waals surface area contributed by atoms with Crippen LogP contribution < -0.4 is 5.32 Å². The van der Waals surface area contributed by atoms with Crippen molar-refractivity contribution in [2.45, 2.75) is 57.9 Å². The van der Waals surface area contributed by atoms with E-state index in [4.69, 9.17) is 0 Å². The zero-order valence-electron chi connectivity index (χ0n) is 11.8. The molecule has 0 bridgehead atoms. The highest BCUT2D eigenvalue weighted by Crippen LogP contribution is 2.29. The quantitative estimate of drug-likeness (QED) is 0.859. The first-order valence-corrected chi connectivity index (χ1v) is 8.15. The van der Waals surface area contributed by atoms with Crippen LogP contribution in [0.25, 0.3) is 0 Å². The Labute approximate surface area is 116 Å². The van der Waals surface area contributed by atoms with E-state index in [-0.39, 0.29) is 0 Å². The third-order valence-corrected chi connectivity index (χ3v) is 5.19. The molecular weight excluding hydrogens is 238 g/mol. The van der Waals surface area contributed by atoms with Crippen molar-refractivity contribution in [2.24, 2.45) is 0 Å². The van der Waals surface area contributed by atoms with Crippen LogP contribution in [-0.2, 0) is 6.54 Å². The zero-order valence-corrected chi connectivity index (χ0v) is 12.6. The normalized spacial score (nSPS) is 23.5. The molecule has 2 heteroatoms. The van der Waals surface area contributed by atoms with Gasteiger partial charge in [0.15, 0.2) is 0 Å². The standard InChI is InChI=1S/C16H25NS/c1-4-18-16-8-7-15(10-16)17-11-14-6-5-12(2)13(3)9-14/h5-6,9,15-17H,4,7-8,10-11H2,1-3H3. The van der Waals surface area contributed by atoms with E-state index in [0.717, 1.165) is 17.8 Å². The van der Waals surface area contributed by atoms with Crippen molar-refractivity contribution in [1.82, 2.24) is 5.32 Å². The van der Waals surface area contributed by atoms with Crippen LogP contribution in [0.2, 0.25) is 0 Å². The summed E-state index contributed by atoms with van der Waals surface area (Å²) in [6, 6.07) is 7.53. The maximum absolute atomic E-state index is 3.72. The van der Waals surface area contributed by atoms with Crippen LogP contribution in [0, 0.1) is 13.8 Å². The molecule has 1 saturated carbocycles. The molecule has 1 nitrogen and oxygen atoms in total. The van der Waals surface area contributed by atoms with E-state index in [1.54, 1.807) is 0 Å². The number of benzene rings is 1. The monoisotopic (exact) mass is 263 g/mol. The number of aryl methyl sites for hydroxylation is 2. The van der Waals surface area contributed by atoms with Gasteiger partial charge in [0, 0.05) is 17.8 Å². The minimum absolute atomic E-state index is 0.732. The minimum Gasteiger partial charge on any atom is -0.310 e. The molecule has 1 aliphatic rings. The van der Waals surface area contributed by atoms with E-state index in [1.165, 1.54) is 41.7 Å². The van der Waals surface area contributed by atoms with E-state index in [0.29, 0.717) is 0 Å². The lowest BCUT2D eigenvalue weighted by molar-refractivity contribution is 0.525. The van der Waals surface area contributed by atoms with E-state index in [1.807, 2.05) is 0 Å². The Hall–Kier alpha value is -0.470. The Morgan fingerprint density at radius 1 is 1.22 bits per heavy atom. The van der Waals surface area contributed by atoms with Crippen molar-refractivity contribution < 1.29 is 0 Å². The molecule has 1 N–H and O–H groups in total. The molecule has 1 aliphatic carbocycles. The van der Waals surface area contributed by atoms with Gasteiger partial charge in [-0.3, -0.25) is 0 Å². The molecule has 100 valence electrons. The summed E-state index contributed by atoms with van der Waals surface area (Å²) in [5.41, 5.74) is 4.21. The highest BCUT2D eigenvalue weighted by atomic mass is 32.2. The molecule has 0 spiro atoms. The summed E-state index contributed by atoms with van der Waals surface area (Å²) in [6.07, 6.45) is 4.09. The van der Waals surface area contributed by atoms with Crippen molar-refractivity contribution in [3.8, 4) is 0 Å². The molecular formula is C16H25NS. The fourth-order valence-electron chi connectivity index (χ4n) is 2.69. The predicted octanol–water partition coefficient (Wildman–Crippen LogP) is 4.07. The summed E-state index contributed by atoms with van der Waals surface area (Å²) in [6.45, 7) is 7.66. The fraction of sp³-hybridized carbons (Fsp3) is 0.625. The Morgan fingerprint density at radius 3 is 2.78 bits per heavy atom. The first-order chi connectivity index (χ1) is 8.69. The van der Waals surface area contributed by atoms with Crippen molar-refractivity contribution in [3.05, 3.63) is 34.9 Å². The van der Waals surface area contributed by atoms with Crippen molar-refractivity contribution in [2.75, 3.05) is 5.75 Å². The lowest BCUT2D eigenvalue weighted by Crippen LogP contribution is -2.26. The maximum atomic E-state index is 3.72. The maximum Gasteiger partial charge on any atom is 0.0208 e. The van der Waals surface area contributed by atoms with Crippen molar-refractivity contribution >= 4 is 11.8 Å². The van der Waals surface area contributed by atoms with Gasteiger partial charge in [0.05, 0.1) is 0 Å². The smallest absolute Gasteiger partial charge is 0.0208 e. The largest absolute Gasteiger partial charge is 0.310 e. The van der Waals surface area contributed by atoms with Crippen molar-refractivity contribution in [1.29, 1.82) is 0 Å². The SMILES string of the molecule is CCSC1CCC(NCc2ccc(C)c(C)c2)C1. The van der Waals surface area contributed by atoms with Gasteiger partial charge < -0.3 is 5.32 Å². The van der Waals surface area contributed by atoms with Crippen LogP contribution in [0.15, 0.2) is 18.2 Å². The molecule has 18 heavy (non-hydrogen) atoms. The molecule has 1 aromatic rings. The second-order valence-corrected chi connectivity index (χ2v) is 6.96. The van der Waals surface area contributed by atoms with E-state index < -0.39 is 0 Å². The Kier molecular flexibility index (Phi) is 5.13. The zero-order chi connectivity index (χ0) is 13.0. The lowest BCUT2D eigenvalue weighted by Gasteiger charge is -2.13. The average Bonchev–Trinajstić information content (AvgIpc) is 2.79. The average molecular weight is 263 g/mol. The third-order valence-electron chi connectivity index (χ3n) is 3.95. The van der Waals surface area contributed by atoms with Gasteiger partial charge in [0.1, 0.15) is 0 Å². The minimum atomic E-state index is 0.732. The van der Waals surface area contributed by atoms with Crippen LogP contribution in [0.1, 0.15) is 42.9 Å². The number of nitrogens with one attached hydrogen (secondary N) is 1. The van der Waals surface area contributed by atoms with Crippen LogP contribution in [0.3, 0.4) is 0 Å². The number of hydrogen-bond donors (Lipinski definition) is 1. The van der Waals surface area contributed by atoms with E-state index in [9.17, 15) is 0 Å². The lowest BCUT2D eigenvalue weighted by atomic mass is 10.1. The Morgan fingerprint density at radius 2 is 2.06 bits per heavy atom. The first kappa shape index (κ1) is 14.0. The van der Waals surface area contributed by atoms with Crippen LogP contribution in [0.5, 0.6) is 0 Å². The van der Waals surface area contributed by atoms with Crippen LogP contribution in [-0.4, -0.2) is 17.0 Å². The molecule has 0 amide bonds. The molecule has 0 heterocycles. The fourth-order valence-corrected chi connectivity index (χ4v) is 3.83. The van der Waals surface area contributed by atoms with Gasteiger partial charge >= 0.3 is 0 Å². The summed E-state index contributed by atoms with van der Waals surface area (Å²) in [4.78, 5) is 0. The van der Waals surface area contributed by atoms with Gasteiger partial charge in [-0.1, -0.05) is 25.1 Å². The second kappa shape index (κ2) is 6.63. The summed E-state index contributed by atoms with van der Waals surface area (Å²) >= 11 is 2.13. The Balaban J connectivity index is 1.80. The summed E-state index contributed by atoms with van der Waals surface area (Å²) in [7, 11) is 0. The van der Waals surface area contributed by atoms with E-state index in [2.05, 4.69) is 56.0 Å². The number of thioether (sulfide) groups is 1. The second-order valence-electron chi connectivity index (χ2n) is 5.39. The van der Waals surface area contributed by atoms with Crippen molar-refractivity contribution in [3.63, 3.8) is 0 Å². The summed E-state index contributed by atoms with van der Waals surface area (Å²) in [5, 5.41) is 4.62. The highest BCUT2D eigenvalue weighted by Gasteiger charge is 2.23. The van der Waals surface area contributed by atoms with E-state index >= 15 is 0 Å². The molecule has 0 aliphatic heterocycles. The van der Waals surface area contributed by atoms with Crippen LogP contribution >= 0.6 is 11.8 Å². The summed E-state index contributed by atoms with van der Waals surface area (Å²) < 4.78 is 0. The van der Waals surface area contributed by atoms with Gasteiger partial charge in [0.2, 0.25) is 0 Å². The molecule has 0 aromatic heterocycles. The number of rotatable bonds is 5. The molecule has 0 saturated heterocycles. The van der Waals surface area contributed by atoms with Gasteiger partial charge in [-0.25, -0.2) is 0 Å². The molecule has 2 atom stereocenters. The van der Waals surface area contributed by atoms with Gasteiger partial charge in [-0.05, 0) is 55.6 Å². The Bertz CT molecular complexity index is 389. The van der Waals surface area contributed by atoms with Crippen LogP contribution in [0.4, 0.5) is 0 Å². The third kappa shape index (κ3) is 3.76. The molecule has 1 aromatic carbocycles. The summed E-state index contributed by atoms with van der Waals surface area (Å²) in [5.74, 6) is 1.26. The molecule has 0 radical (unpaired) electrons. The molecule has 2 rings (SSSR count). The van der Waals surface area contributed by atoms with Gasteiger partial charge in [-0.15, -0.1) is 0 Å². The predicted molar refractivity (Wildman–Crippen MR) is 82.3 cm³/mol.